The Labute approximate surface area is 123 Å². The second-order valence-electron chi connectivity index (χ2n) is 4.89. The lowest BCUT2D eigenvalue weighted by atomic mass is 10.0. The second-order valence-corrected chi connectivity index (χ2v) is 6.54. The van der Waals surface area contributed by atoms with Gasteiger partial charge < -0.3 is 14.6 Å². The molecule has 2 aliphatic rings. The number of hydrogen-bond donors (Lipinski definition) is 2. The van der Waals surface area contributed by atoms with Crippen LogP contribution in [0.15, 0.2) is 0 Å². The largest absolute Gasteiger partial charge is 0.394 e. The summed E-state index contributed by atoms with van der Waals surface area (Å²) in [6.45, 7) is 1.07. The number of carbonyl (C=O) groups is 2. The van der Waals surface area contributed by atoms with Gasteiger partial charge in [-0.15, -0.1) is 0 Å². The van der Waals surface area contributed by atoms with Gasteiger partial charge in [-0.3, -0.25) is 15.0 Å². The lowest BCUT2D eigenvalue weighted by Crippen LogP contribution is -2.69. The van der Waals surface area contributed by atoms with Gasteiger partial charge in [-0.25, -0.2) is 9.18 Å². The molecule has 0 unspecified atom stereocenters. The maximum Gasteiger partial charge on any atom is 0.328 e. The second kappa shape index (κ2) is 5.55. The van der Waals surface area contributed by atoms with Crippen LogP contribution in [0.1, 0.15) is 13.3 Å². The molecular formula is C11H16BrFN2O5. The van der Waals surface area contributed by atoms with E-state index in [0.717, 1.165) is 4.90 Å². The van der Waals surface area contributed by atoms with Crippen molar-refractivity contribution in [1.82, 2.24) is 10.2 Å². The molecule has 0 aliphatic carbocycles. The van der Waals surface area contributed by atoms with Gasteiger partial charge in [0, 0.05) is 13.5 Å². The molecule has 5 atom stereocenters. The lowest BCUT2D eigenvalue weighted by Gasteiger charge is -2.44. The number of nitrogens with one attached hydrogen (secondary N) is 1. The molecule has 2 fully saturated rings. The first-order chi connectivity index (χ1) is 9.32. The fourth-order valence-corrected chi connectivity index (χ4v) is 2.91. The predicted octanol–water partition coefficient (Wildman–Crippen LogP) is 0.110. The van der Waals surface area contributed by atoms with Gasteiger partial charge in [0.2, 0.25) is 5.91 Å². The van der Waals surface area contributed by atoms with E-state index in [1.807, 2.05) is 0 Å². The van der Waals surface area contributed by atoms with Crippen molar-refractivity contribution >= 4 is 27.9 Å². The topological polar surface area (TPSA) is 88.1 Å². The minimum Gasteiger partial charge on any atom is -0.394 e. The summed E-state index contributed by atoms with van der Waals surface area (Å²) in [6, 6.07) is -0.713. The van der Waals surface area contributed by atoms with Crippen LogP contribution < -0.4 is 5.32 Å². The molecular weight excluding hydrogens is 339 g/mol. The normalized spacial score (nSPS) is 42.0. The van der Waals surface area contributed by atoms with E-state index in [1.54, 1.807) is 6.92 Å². The fraction of sp³-hybridized carbons (Fsp3) is 0.818. The number of imide groups is 1. The zero-order valence-electron chi connectivity index (χ0n) is 11.0. The van der Waals surface area contributed by atoms with Gasteiger partial charge in [0.15, 0.2) is 6.23 Å². The monoisotopic (exact) mass is 354 g/mol. The zero-order valence-corrected chi connectivity index (χ0v) is 12.6. The molecule has 0 aromatic carbocycles. The number of aliphatic hydroxyl groups excluding tert-OH is 1. The molecule has 0 spiro atoms. The summed E-state index contributed by atoms with van der Waals surface area (Å²) in [7, 11) is 1.34. The highest BCUT2D eigenvalue weighted by molar-refractivity contribution is 9.10. The van der Waals surface area contributed by atoms with E-state index in [9.17, 15) is 14.0 Å². The molecule has 2 saturated heterocycles. The molecule has 2 rings (SSSR count). The molecule has 0 aromatic heterocycles. The van der Waals surface area contributed by atoms with Crippen LogP contribution in [0.4, 0.5) is 9.18 Å². The summed E-state index contributed by atoms with van der Waals surface area (Å²) in [5, 5.41) is 11.2. The average molecular weight is 355 g/mol. The number of rotatable bonds is 3. The standard InChI is InChI=1S/C11H16BrFN2O5/c1-11(12)8(17)14-10(18)15(9(11)19-2)7-3-5(13)6(4-16)20-7/h5-7,9,16H,3-4H2,1-2H3,(H,14,17,18)/t5-,6+,7+,9+,11-/m0/s1. The van der Waals surface area contributed by atoms with E-state index in [1.165, 1.54) is 7.11 Å². The highest BCUT2D eigenvalue weighted by Crippen LogP contribution is 2.35. The highest BCUT2D eigenvalue weighted by atomic mass is 79.9. The Morgan fingerprint density at radius 3 is 2.80 bits per heavy atom. The smallest absolute Gasteiger partial charge is 0.328 e. The first-order valence-electron chi connectivity index (χ1n) is 6.08. The summed E-state index contributed by atoms with van der Waals surface area (Å²) >= 11 is 3.22. The van der Waals surface area contributed by atoms with Crippen molar-refractivity contribution in [3.05, 3.63) is 0 Å². The van der Waals surface area contributed by atoms with E-state index < -0.39 is 47.6 Å². The van der Waals surface area contributed by atoms with Crippen LogP contribution in [0, 0.1) is 0 Å². The van der Waals surface area contributed by atoms with Crippen LogP contribution in [0.5, 0.6) is 0 Å². The summed E-state index contributed by atoms with van der Waals surface area (Å²) in [5.74, 6) is -0.542. The van der Waals surface area contributed by atoms with Crippen LogP contribution in [0.2, 0.25) is 0 Å². The highest BCUT2D eigenvalue weighted by Gasteiger charge is 2.54. The van der Waals surface area contributed by atoms with Gasteiger partial charge in [0.05, 0.1) is 6.61 Å². The van der Waals surface area contributed by atoms with Crippen molar-refractivity contribution < 1.29 is 28.6 Å². The molecule has 20 heavy (non-hydrogen) atoms. The summed E-state index contributed by atoms with van der Waals surface area (Å²) in [4.78, 5) is 24.9. The van der Waals surface area contributed by atoms with Crippen molar-refractivity contribution in [2.45, 2.75) is 42.4 Å². The third-order valence-electron chi connectivity index (χ3n) is 3.49. The number of urea groups is 1. The van der Waals surface area contributed by atoms with Crippen molar-refractivity contribution in [2.24, 2.45) is 0 Å². The predicted molar refractivity (Wildman–Crippen MR) is 68.8 cm³/mol. The molecule has 2 aliphatic heterocycles. The molecule has 0 aromatic rings. The fourth-order valence-electron chi connectivity index (χ4n) is 2.40. The van der Waals surface area contributed by atoms with Crippen LogP contribution in [0.3, 0.4) is 0 Å². The maximum absolute atomic E-state index is 13.7. The number of carbonyl (C=O) groups excluding carboxylic acids is 2. The number of hydrogen-bond acceptors (Lipinski definition) is 5. The first-order valence-corrected chi connectivity index (χ1v) is 6.88. The Kier molecular flexibility index (Phi) is 4.33. The molecule has 9 heteroatoms. The number of ether oxygens (including phenoxy) is 2. The van der Waals surface area contributed by atoms with Gasteiger partial charge in [-0.05, 0) is 6.92 Å². The Balaban J connectivity index is 2.25. The summed E-state index contributed by atoms with van der Waals surface area (Å²) < 4.78 is 23.0. The van der Waals surface area contributed by atoms with Gasteiger partial charge in [-0.1, -0.05) is 15.9 Å². The number of alkyl halides is 2. The molecule has 0 bridgehead atoms. The third-order valence-corrected chi connectivity index (χ3v) is 4.24. The number of methoxy groups -OCH3 is 1. The third kappa shape index (κ3) is 2.43. The van der Waals surface area contributed by atoms with Crippen molar-refractivity contribution in [3.8, 4) is 0 Å². The van der Waals surface area contributed by atoms with Crippen molar-refractivity contribution in [3.63, 3.8) is 0 Å². The Bertz CT molecular complexity index is 422. The maximum atomic E-state index is 13.7. The minimum absolute atomic E-state index is 0.0875. The first kappa shape index (κ1) is 15.6. The number of halogens is 2. The lowest BCUT2D eigenvalue weighted by molar-refractivity contribution is -0.153. The van der Waals surface area contributed by atoms with Crippen molar-refractivity contribution in [2.75, 3.05) is 13.7 Å². The molecule has 0 radical (unpaired) electrons. The van der Waals surface area contributed by atoms with Gasteiger partial charge in [0.25, 0.3) is 0 Å². The van der Waals surface area contributed by atoms with Crippen LogP contribution in [-0.2, 0) is 14.3 Å². The van der Waals surface area contributed by atoms with Gasteiger partial charge in [-0.2, -0.15) is 0 Å². The minimum atomic E-state index is -1.38. The molecule has 7 nitrogen and oxygen atoms in total. The zero-order chi connectivity index (χ0) is 15.1. The summed E-state index contributed by atoms with van der Waals surface area (Å²) in [6.07, 6.45) is -4.30. The Morgan fingerprint density at radius 2 is 2.30 bits per heavy atom. The molecule has 2 N–H and O–H groups in total. The van der Waals surface area contributed by atoms with E-state index in [0.29, 0.717) is 0 Å². The van der Waals surface area contributed by atoms with Gasteiger partial charge in [0.1, 0.15) is 22.8 Å². The van der Waals surface area contributed by atoms with E-state index in [4.69, 9.17) is 14.6 Å². The van der Waals surface area contributed by atoms with Crippen LogP contribution >= 0.6 is 15.9 Å². The summed E-state index contributed by atoms with van der Waals surface area (Å²) in [5.41, 5.74) is 0. The van der Waals surface area contributed by atoms with E-state index >= 15 is 0 Å². The Hall–Kier alpha value is -0.770. The number of amides is 3. The number of aliphatic hydroxyl groups is 1. The number of nitrogens with zero attached hydrogens (tertiary/aromatic N) is 1. The molecule has 3 amide bonds. The van der Waals surface area contributed by atoms with E-state index in [-0.39, 0.29) is 6.42 Å². The molecule has 114 valence electrons. The van der Waals surface area contributed by atoms with Gasteiger partial charge >= 0.3 is 6.03 Å². The Morgan fingerprint density at radius 1 is 1.65 bits per heavy atom. The molecule has 2 heterocycles. The van der Waals surface area contributed by atoms with Crippen molar-refractivity contribution in [1.29, 1.82) is 0 Å². The van der Waals surface area contributed by atoms with Crippen LogP contribution in [0.25, 0.3) is 0 Å². The molecule has 0 saturated carbocycles. The quantitative estimate of drug-likeness (QED) is 0.702. The average Bonchev–Trinajstić information content (AvgIpc) is 2.74. The van der Waals surface area contributed by atoms with Crippen LogP contribution in [-0.4, -0.2) is 64.7 Å². The SMILES string of the molecule is CO[C@H]1N([C@H]2C[C@H](F)[C@@H](CO)O2)C(=O)NC(=O)[C@]1(C)Br. The van der Waals surface area contributed by atoms with E-state index in [2.05, 4.69) is 21.2 Å².